The van der Waals surface area contributed by atoms with Gasteiger partial charge in [0.05, 0.1) is 5.69 Å². The molecule has 1 N–H and O–H groups in total. The number of carboxylic acids is 1. The molecular formula is C13H20N6O2. The standard InChI is InChI=1S/C13H20N6O2/c1-4-5-18-11(14-8-15-18)7-19-10(6-9(2)3)12(13(20)21)16-17-19/h8-9H,4-7H2,1-3H3,(H,20,21). The fraction of sp³-hybridized carbons (Fsp3) is 0.615. The second-order valence-electron chi connectivity index (χ2n) is 5.34. The lowest BCUT2D eigenvalue weighted by Gasteiger charge is -2.09. The van der Waals surface area contributed by atoms with E-state index < -0.39 is 5.97 Å². The minimum absolute atomic E-state index is 0.0188. The molecule has 0 bridgehead atoms. The van der Waals surface area contributed by atoms with Crippen LogP contribution in [0.5, 0.6) is 0 Å². The molecule has 0 aliphatic carbocycles. The van der Waals surface area contributed by atoms with Crippen LogP contribution in [0.25, 0.3) is 0 Å². The molecule has 0 atom stereocenters. The van der Waals surface area contributed by atoms with Gasteiger partial charge in [-0.1, -0.05) is 26.0 Å². The Kier molecular flexibility index (Phi) is 4.66. The first-order valence-corrected chi connectivity index (χ1v) is 7.05. The number of aromatic nitrogens is 6. The van der Waals surface area contributed by atoms with Gasteiger partial charge in [0.2, 0.25) is 0 Å². The highest BCUT2D eigenvalue weighted by Crippen LogP contribution is 2.13. The molecule has 0 aliphatic rings. The van der Waals surface area contributed by atoms with Gasteiger partial charge in [-0.05, 0) is 18.8 Å². The molecule has 0 saturated carbocycles. The van der Waals surface area contributed by atoms with Crippen LogP contribution in [0.15, 0.2) is 6.33 Å². The van der Waals surface area contributed by atoms with Crippen molar-refractivity contribution in [1.82, 2.24) is 29.8 Å². The Bertz CT molecular complexity index is 616. The Morgan fingerprint density at radius 3 is 2.76 bits per heavy atom. The highest BCUT2D eigenvalue weighted by atomic mass is 16.4. The van der Waals surface area contributed by atoms with E-state index in [0.29, 0.717) is 24.6 Å². The lowest BCUT2D eigenvalue weighted by molar-refractivity contribution is 0.0689. The summed E-state index contributed by atoms with van der Waals surface area (Å²) in [7, 11) is 0. The number of rotatable bonds is 7. The Labute approximate surface area is 122 Å². The highest BCUT2D eigenvalue weighted by Gasteiger charge is 2.20. The van der Waals surface area contributed by atoms with Crippen LogP contribution in [0.4, 0.5) is 0 Å². The van der Waals surface area contributed by atoms with Crippen molar-refractivity contribution in [2.45, 2.75) is 46.7 Å². The zero-order valence-electron chi connectivity index (χ0n) is 12.5. The van der Waals surface area contributed by atoms with Crippen LogP contribution in [-0.2, 0) is 19.5 Å². The largest absolute Gasteiger partial charge is 0.476 e. The van der Waals surface area contributed by atoms with E-state index in [4.69, 9.17) is 0 Å². The quantitative estimate of drug-likeness (QED) is 0.824. The van der Waals surface area contributed by atoms with E-state index in [0.717, 1.165) is 18.8 Å². The first kappa shape index (κ1) is 15.1. The Hall–Kier alpha value is -2.25. The van der Waals surface area contributed by atoms with Gasteiger partial charge in [-0.2, -0.15) is 5.10 Å². The van der Waals surface area contributed by atoms with Gasteiger partial charge in [0.1, 0.15) is 18.7 Å². The van der Waals surface area contributed by atoms with Crippen LogP contribution in [0, 0.1) is 5.92 Å². The summed E-state index contributed by atoms with van der Waals surface area (Å²) in [6.45, 7) is 7.27. The minimum atomic E-state index is -1.05. The molecule has 8 nitrogen and oxygen atoms in total. The van der Waals surface area contributed by atoms with Gasteiger partial charge in [-0.25, -0.2) is 19.1 Å². The van der Waals surface area contributed by atoms with Crippen LogP contribution in [0.1, 0.15) is 49.2 Å². The van der Waals surface area contributed by atoms with Crippen LogP contribution >= 0.6 is 0 Å². The van der Waals surface area contributed by atoms with Crippen molar-refractivity contribution in [3.63, 3.8) is 0 Å². The summed E-state index contributed by atoms with van der Waals surface area (Å²) < 4.78 is 3.42. The van der Waals surface area contributed by atoms with Crippen molar-refractivity contribution < 1.29 is 9.90 Å². The van der Waals surface area contributed by atoms with E-state index in [9.17, 15) is 9.90 Å². The molecular weight excluding hydrogens is 272 g/mol. The number of carbonyl (C=O) groups is 1. The smallest absolute Gasteiger partial charge is 0.358 e. The maximum Gasteiger partial charge on any atom is 0.358 e. The lowest BCUT2D eigenvalue weighted by atomic mass is 10.1. The maximum atomic E-state index is 11.2. The summed E-state index contributed by atoms with van der Waals surface area (Å²) in [5.74, 6) is 0.0180. The molecule has 2 aromatic heterocycles. The average molecular weight is 292 g/mol. The molecule has 0 unspecified atom stereocenters. The lowest BCUT2D eigenvalue weighted by Crippen LogP contribution is -2.15. The zero-order chi connectivity index (χ0) is 15.4. The molecule has 0 aromatic carbocycles. The van der Waals surface area contributed by atoms with Crippen LogP contribution < -0.4 is 0 Å². The van der Waals surface area contributed by atoms with Crippen molar-refractivity contribution in [2.24, 2.45) is 5.92 Å². The Morgan fingerprint density at radius 2 is 2.14 bits per heavy atom. The van der Waals surface area contributed by atoms with Crippen molar-refractivity contribution in [3.8, 4) is 0 Å². The molecule has 2 heterocycles. The highest BCUT2D eigenvalue weighted by molar-refractivity contribution is 5.86. The van der Waals surface area contributed by atoms with Gasteiger partial charge >= 0.3 is 5.97 Å². The number of aromatic carboxylic acids is 1. The molecule has 114 valence electrons. The van der Waals surface area contributed by atoms with Crippen LogP contribution in [0.3, 0.4) is 0 Å². The molecule has 0 saturated heterocycles. The maximum absolute atomic E-state index is 11.2. The predicted octanol–water partition coefficient (Wildman–Crippen LogP) is 1.22. The van der Waals surface area contributed by atoms with E-state index in [-0.39, 0.29) is 5.69 Å². The summed E-state index contributed by atoms with van der Waals surface area (Å²) in [4.78, 5) is 15.5. The molecule has 0 amide bonds. The van der Waals surface area contributed by atoms with Crippen molar-refractivity contribution in [2.75, 3.05) is 0 Å². The second-order valence-corrected chi connectivity index (χ2v) is 5.34. The number of nitrogens with zero attached hydrogens (tertiary/aromatic N) is 6. The van der Waals surface area contributed by atoms with Gasteiger partial charge in [0.25, 0.3) is 0 Å². The van der Waals surface area contributed by atoms with E-state index >= 15 is 0 Å². The van der Waals surface area contributed by atoms with E-state index in [1.54, 1.807) is 9.36 Å². The van der Waals surface area contributed by atoms with E-state index in [1.807, 2.05) is 13.8 Å². The van der Waals surface area contributed by atoms with Gasteiger partial charge in [-0.3, -0.25) is 0 Å². The van der Waals surface area contributed by atoms with Crippen molar-refractivity contribution in [3.05, 3.63) is 23.5 Å². The molecule has 0 radical (unpaired) electrons. The number of hydrogen-bond donors (Lipinski definition) is 1. The van der Waals surface area contributed by atoms with Gasteiger partial charge in [-0.15, -0.1) is 5.10 Å². The topological polar surface area (TPSA) is 98.7 Å². The average Bonchev–Trinajstić information content (AvgIpc) is 2.99. The van der Waals surface area contributed by atoms with Gasteiger partial charge in [0.15, 0.2) is 5.69 Å². The summed E-state index contributed by atoms with van der Waals surface area (Å²) in [5, 5.41) is 21.1. The number of carboxylic acid groups (broad SMARTS) is 1. The Balaban J connectivity index is 2.30. The normalized spacial score (nSPS) is 11.2. The predicted molar refractivity (Wildman–Crippen MR) is 74.9 cm³/mol. The summed E-state index contributed by atoms with van der Waals surface area (Å²) >= 11 is 0. The third-order valence-corrected chi connectivity index (χ3v) is 3.06. The third-order valence-electron chi connectivity index (χ3n) is 3.06. The monoisotopic (exact) mass is 292 g/mol. The minimum Gasteiger partial charge on any atom is -0.476 e. The zero-order valence-corrected chi connectivity index (χ0v) is 12.5. The summed E-state index contributed by atoms with van der Waals surface area (Å²) in [6.07, 6.45) is 3.06. The van der Waals surface area contributed by atoms with E-state index in [1.165, 1.54) is 6.33 Å². The molecule has 2 aromatic rings. The first-order valence-electron chi connectivity index (χ1n) is 7.05. The number of hydrogen-bond acceptors (Lipinski definition) is 5. The summed E-state index contributed by atoms with van der Waals surface area (Å²) in [6, 6.07) is 0. The van der Waals surface area contributed by atoms with Gasteiger partial charge in [0, 0.05) is 6.54 Å². The van der Waals surface area contributed by atoms with Crippen LogP contribution in [0.2, 0.25) is 0 Å². The molecule has 0 fully saturated rings. The van der Waals surface area contributed by atoms with Crippen molar-refractivity contribution >= 4 is 5.97 Å². The Morgan fingerprint density at radius 1 is 1.38 bits per heavy atom. The molecule has 2 rings (SSSR count). The number of aryl methyl sites for hydroxylation is 1. The van der Waals surface area contributed by atoms with Gasteiger partial charge < -0.3 is 5.11 Å². The molecule has 0 aliphatic heterocycles. The first-order chi connectivity index (χ1) is 10.0. The fourth-order valence-electron chi connectivity index (χ4n) is 2.16. The fourth-order valence-corrected chi connectivity index (χ4v) is 2.16. The summed E-state index contributed by atoms with van der Waals surface area (Å²) in [5.41, 5.74) is 0.647. The third kappa shape index (κ3) is 3.45. The molecule has 0 spiro atoms. The molecule has 21 heavy (non-hydrogen) atoms. The second kappa shape index (κ2) is 6.47. The SMILES string of the molecule is CCCn1ncnc1Cn1nnc(C(=O)O)c1CC(C)C. The van der Waals surface area contributed by atoms with Crippen LogP contribution in [-0.4, -0.2) is 40.8 Å². The molecule has 8 heteroatoms. The van der Waals surface area contributed by atoms with E-state index in [2.05, 4.69) is 27.3 Å². The van der Waals surface area contributed by atoms with Crippen molar-refractivity contribution in [1.29, 1.82) is 0 Å².